The number of nitrogens with zero attached hydrogens (tertiary/aromatic N) is 1. The third-order valence-corrected chi connectivity index (χ3v) is 5.40. The number of anilines is 2. The molecule has 8 nitrogen and oxygen atoms in total. The molecule has 0 saturated carbocycles. The molecular weight excluding hydrogens is 477 g/mol. The van der Waals surface area contributed by atoms with Gasteiger partial charge in [0.15, 0.2) is 5.11 Å². The first-order valence-corrected chi connectivity index (χ1v) is 10.7. The van der Waals surface area contributed by atoms with Crippen molar-refractivity contribution >= 4 is 63.8 Å². The highest BCUT2D eigenvalue weighted by Crippen LogP contribution is 2.32. The monoisotopic (exact) mass is 497 g/mol. The maximum atomic E-state index is 12.8. The molecule has 0 radical (unpaired) electrons. The molecule has 2 aromatic carbocycles. The second-order valence-corrected chi connectivity index (χ2v) is 7.95. The van der Waals surface area contributed by atoms with E-state index in [0.29, 0.717) is 37.6 Å². The summed E-state index contributed by atoms with van der Waals surface area (Å²) in [6.45, 7) is 2.50. The van der Waals surface area contributed by atoms with Crippen molar-refractivity contribution in [3.05, 3.63) is 51.5 Å². The fraction of sp³-hybridized carbons (Fsp3) is 0.286. The summed E-state index contributed by atoms with van der Waals surface area (Å²) in [6, 6.07) is 7.99. The third-order valence-electron chi connectivity index (χ3n) is 4.70. The highest BCUT2D eigenvalue weighted by molar-refractivity contribution is 7.80. The van der Waals surface area contributed by atoms with Crippen molar-refractivity contribution < 1.29 is 23.8 Å². The van der Waals surface area contributed by atoms with Crippen LogP contribution in [-0.2, 0) is 9.47 Å². The fourth-order valence-electron chi connectivity index (χ4n) is 3.22. The molecule has 0 aliphatic carbocycles. The third kappa shape index (κ3) is 5.60. The van der Waals surface area contributed by atoms with Crippen LogP contribution in [0.2, 0.25) is 10.0 Å². The van der Waals surface area contributed by atoms with Gasteiger partial charge in [-0.15, -0.1) is 0 Å². The van der Waals surface area contributed by atoms with Gasteiger partial charge in [0.1, 0.15) is 5.75 Å². The van der Waals surface area contributed by atoms with E-state index in [1.807, 2.05) is 0 Å². The zero-order valence-corrected chi connectivity index (χ0v) is 19.7. The van der Waals surface area contributed by atoms with Gasteiger partial charge >= 0.3 is 5.97 Å². The van der Waals surface area contributed by atoms with Crippen LogP contribution >= 0.6 is 35.4 Å². The molecule has 1 heterocycles. The minimum atomic E-state index is -0.555. The molecule has 1 fully saturated rings. The van der Waals surface area contributed by atoms with E-state index < -0.39 is 11.9 Å². The number of thiocarbonyl (C=S) groups is 1. The molecule has 0 aromatic heterocycles. The van der Waals surface area contributed by atoms with Crippen LogP contribution in [0.1, 0.15) is 20.7 Å². The standard InChI is InChI=1S/C21H21Cl2N3O5S/c1-29-18-14(10-13(22)11-15(18)23)19(27)25-21(32)24-16-9-12(20(28)30-2)3-4-17(16)26-5-7-31-8-6-26/h3-4,9-11H,5-8H2,1-2H3,(H2,24,25,27,32). The molecular formula is C21H21Cl2N3O5S. The van der Waals surface area contributed by atoms with Gasteiger partial charge in [0, 0.05) is 18.1 Å². The Morgan fingerprint density at radius 1 is 1.12 bits per heavy atom. The zero-order valence-electron chi connectivity index (χ0n) is 17.4. The van der Waals surface area contributed by atoms with Gasteiger partial charge in [0.25, 0.3) is 5.91 Å². The van der Waals surface area contributed by atoms with Crippen LogP contribution in [0.15, 0.2) is 30.3 Å². The van der Waals surface area contributed by atoms with Crippen molar-refractivity contribution in [1.82, 2.24) is 5.32 Å². The van der Waals surface area contributed by atoms with Crippen molar-refractivity contribution in [2.75, 3.05) is 50.7 Å². The number of methoxy groups -OCH3 is 2. The molecule has 1 saturated heterocycles. The Labute approximate surface area is 200 Å². The number of benzene rings is 2. The van der Waals surface area contributed by atoms with Gasteiger partial charge in [-0.05, 0) is 42.5 Å². The number of hydrogen-bond donors (Lipinski definition) is 2. The summed E-state index contributed by atoms with van der Waals surface area (Å²) in [5.74, 6) is -0.867. The lowest BCUT2D eigenvalue weighted by molar-refractivity contribution is 0.0600. The summed E-state index contributed by atoms with van der Waals surface area (Å²) in [5, 5.41) is 6.08. The molecule has 2 aromatic rings. The van der Waals surface area contributed by atoms with Crippen molar-refractivity contribution in [3.63, 3.8) is 0 Å². The van der Waals surface area contributed by atoms with Gasteiger partial charge in [0.05, 0.1) is 55.0 Å². The second-order valence-electron chi connectivity index (χ2n) is 6.70. The lowest BCUT2D eigenvalue weighted by atomic mass is 10.1. The fourth-order valence-corrected chi connectivity index (χ4v) is 3.99. The molecule has 0 spiro atoms. The maximum Gasteiger partial charge on any atom is 0.337 e. The Morgan fingerprint density at radius 2 is 1.84 bits per heavy atom. The van der Waals surface area contributed by atoms with Crippen LogP contribution in [0.3, 0.4) is 0 Å². The van der Waals surface area contributed by atoms with Crippen LogP contribution < -0.4 is 20.3 Å². The van der Waals surface area contributed by atoms with Gasteiger partial charge < -0.3 is 24.4 Å². The average molecular weight is 498 g/mol. The molecule has 170 valence electrons. The van der Waals surface area contributed by atoms with Gasteiger partial charge in [-0.3, -0.25) is 10.1 Å². The van der Waals surface area contributed by atoms with Crippen molar-refractivity contribution in [2.45, 2.75) is 0 Å². The number of hydrogen-bond acceptors (Lipinski definition) is 7. The highest BCUT2D eigenvalue weighted by atomic mass is 35.5. The summed E-state index contributed by atoms with van der Waals surface area (Å²) in [5.41, 5.74) is 1.81. The van der Waals surface area contributed by atoms with Gasteiger partial charge in [-0.1, -0.05) is 23.2 Å². The van der Waals surface area contributed by atoms with Gasteiger partial charge in [-0.2, -0.15) is 0 Å². The number of halogens is 2. The van der Waals surface area contributed by atoms with Crippen molar-refractivity contribution in [2.24, 2.45) is 0 Å². The first-order chi connectivity index (χ1) is 15.3. The van der Waals surface area contributed by atoms with E-state index in [-0.39, 0.29) is 26.5 Å². The van der Waals surface area contributed by atoms with E-state index in [9.17, 15) is 9.59 Å². The summed E-state index contributed by atoms with van der Waals surface area (Å²) in [7, 11) is 2.70. The Bertz CT molecular complexity index is 1040. The number of carbonyl (C=O) groups is 2. The predicted octanol–water partition coefficient (Wildman–Crippen LogP) is 3.75. The summed E-state index contributed by atoms with van der Waals surface area (Å²) < 4.78 is 15.4. The smallest absolute Gasteiger partial charge is 0.337 e. The SMILES string of the molecule is COC(=O)c1ccc(N2CCOCC2)c(NC(=S)NC(=O)c2cc(Cl)cc(Cl)c2OC)c1. The van der Waals surface area contributed by atoms with Crippen LogP contribution in [0.5, 0.6) is 5.75 Å². The van der Waals surface area contributed by atoms with Gasteiger partial charge in [-0.25, -0.2) is 4.79 Å². The molecule has 1 amide bonds. The number of morpholine rings is 1. The van der Waals surface area contributed by atoms with Crippen LogP contribution in [0.4, 0.5) is 11.4 Å². The molecule has 0 bridgehead atoms. The summed E-state index contributed by atoms with van der Waals surface area (Å²) in [6.07, 6.45) is 0. The minimum Gasteiger partial charge on any atom is -0.494 e. The van der Waals surface area contributed by atoms with Crippen molar-refractivity contribution in [1.29, 1.82) is 0 Å². The van der Waals surface area contributed by atoms with E-state index in [0.717, 1.165) is 5.69 Å². The largest absolute Gasteiger partial charge is 0.494 e. The zero-order chi connectivity index (χ0) is 23.3. The second kappa shape index (κ2) is 10.8. The maximum absolute atomic E-state index is 12.8. The molecule has 2 N–H and O–H groups in total. The van der Waals surface area contributed by atoms with E-state index in [4.69, 9.17) is 49.6 Å². The number of rotatable bonds is 5. The molecule has 0 atom stereocenters. The quantitative estimate of drug-likeness (QED) is 0.476. The molecule has 1 aliphatic heterocycles. The summed E-state index contributed by atoms with van der Waals surface area (Å²) >= 11 is 17.5. The summed E-state index contributed by atoms with van der Waals surface area (Å²) in [4.78, 5) is 26.9. The molecule has 3 rings (SSSR count). The first-order valence-electron chi connectivity index (χ1n) is 9.54. The minimum absolute atomic E-state index is 0.0182. The highest BCUT2D eigenvalue weighted by Gasteiger charge is 2.20. The van der Waals surface area contributed by atoms with E-state index in [1.165, 1.54) is 26.4 Å². The number of ether oxygens (including phenoxy) is 3. The van der Waals surface area contributed by atoms with E-state index >= 15 is 0 Å². The van der Waals surface area contributed by atoms with Crippen molar-refractivity contribution in [3.8, 4) is 5.75 Å². The van der Waals surface area contributed by atoms with Crippen LogP contribution in [-0.4, -0.2) is 57.5 Å². The van der Waals surface area contributed by atoms with E-state index in [1.54, 1.807) is 18.2 Å². The topological polar surface area (TPSA) is 89.1 Å². The number of esters is 1. The first kappa shape index (κ1) is 24.1. The number of amides is 1. The van der Waals surface area contributed by atoms with Gasteiger partial charge in [0.2, 0.25) is 0 Å². The molecule has 0 unspecified atom stereocenters. The number of nitrogens with one attached hydrogen (secondary N) is 2. The molecule has 1 aliphatic rings. The molecule has 32 heavy (non-hydrogen) atoms. The predicted molar refractivity (Wildman–Crippen MR) is 128 cm³/mol. The Balaban J connectivity index is 1.84. The van der Waals surface area contributed by atoms with E-state index in [2.05, 4.69) is 15.5 Å². The normalized spacial score (nSPS) is 13.3. The Hall–Kier alpha value is -2.59. The lowest BCUT2D eigenvalue weighted by Gasteiger charge is -2.31. The lowest BCUT2D eigenvalue weighted by Crippen LogP contribution is -2.38. The van der Waals surface area contributed by atoms with Crippen LogP contribution in [0, 0.1) is 0 Å². The number of carbonyl (C=O) groups excluding carboxylic acids is 2. The molecule has 11 heteroatoms. The average Bonchev–Trinajstić information content (AvgIpc) is 2.78. The Kier molecular flexibility index (Phi) is 8.14. The van der Waals surface area contributed by atoms with Crippen LogP contribution in [0.25, 0.3) is 0 Å². The Morgan fingerprint density at radius 3 is 2.50 bits per heavy atom.